The molecule has 21 heavy (non-hydrogen) atoms. The second-order valence-electron chi connectivity index (χ2n) is 5.17. The van der Waals surface area contributed by atoms with Gasteiger partial charge in [-0.1, -0.05) is 37.3 Å². The van der Waals surface area contributed by atoms with Crippen LogP contribution in [0.2, 0.25) is 0 Å². The lowest BCUT2D eigenvalue weighted by molar-refractivity contribution is -0.144. The first-order chi connectivity index (χ1) is 10.1. The van der Waals surface area contributed by atoms with Crippen LogP contribution in [0.15, 0.2) is 30.3 Å². The molecule has 1 N–H and O–H groups in total. The maximum absolute atomic E-state index is 12.0. The van der Waals surface area contributed by atoms with Crippen LogP contribution in [0.5, 0.6) is 0 Å². The Kier molecular flexibility index (Phi) is 5.16. The Labute approximate surface area is 123 Å². The van der Waals surface area contributed by atoms with Crippen molar-refractivity contribution in [1.82, 2.24) is 4.90 Å². The van der Waals surface area contributed by atoms with Crippen LogP contribution in [-0.4, -0.2) is 47.9 Å². The largest absolute Gasteiger partial charge is 0.480 e. The molecule has 1 amide bonds. The molecular weight excluding hydrogens is 274 g/mol. The number of nitrogens with zero attached hydrogens (tertiary/aromatic N) is 1. The molecule has 0 radical (unpaired) electrons. The zero-order chi connectivity index (χ0) is 15.2. The number of amides is 1. The Morgan fingerprint density at radius 3 is 2.67 bits per heavy atom. The zero-order valence-electron chi connectivity index (χ0n) is 11.9. The average Bonchev–Trinajstić information content (AvgIpc) is 2.85. The number of carboxylic acid groups (broad SMARTS) is 1. The van der Waals surface area contributed by atoms with Crippen molar-refractivity contribution < 1.29 is 24.2 Å². The van der Waals surface area contributed by atoms with Crippen molar-refractivity contribution in [3.05, 3.63) is 35.9 Å². The number of ether oxygens (including phenoxy) is 2. The SMILES string of the molecule is CC1CN(C(=O)OCc2ccccc2)CC1OCC(=O)O. The molecule has 6 heteroatoms. The number of carbonyl (C=O) groups excluding carboxylic acids is 1. The van der Waals surface area contributed by atoms with E-state index in [9.17, 15) is 9.59 Å². The fraction of sp³-hybridized carbons (Fsp3) is 0.467. The second kappa shape index (κ2) is 7.08. The minimum Gasteiger partial charge on any atom is -0.480 e. The van der Waals surface area contributed by atoms with Crippen LogP contribution < -0.4 is 0 Å². The van der Waals surface area contributed by atoms with Gasteiger partial charge in [0.05, 0.1) is 12.6 Å². The fourth-order valence-corrected chi connectivity index (χ4v) is 2.29. The van der Waals surface area contributed by atoms with Gasteiger partial charge < -0.3 is 19.5 Å². The molecule has 1 fully saturated rings. The summed E-state index contributed by atoms with van der Waals surface area (Å²) in [5.74, 6) is -0.916. The summed E-state index contributed by atoms with van der Waals surface area (Å²) in [4.78, 5) is 24.0. The number of rotatable bonds is 5. The summed E-state index contributed by atoms with van der Waals surface area (Å²) in [6, 6.07) is 9.45. The van der Waals surface area contributed by atoms with E-state index in [0.717, 1.165) is 5.56 Å². The van der Waals surface area contributed by atoms with Gasteiger partial charge in [-0.05, 0) is 5.56 Å². The van der Waals surface area contributed by atoms with Crippen LogP contribution in [0, 0.1) is 5.92 Å². The fourth-order valence-electron chi connectivity index (χ4n) is 2.29. The van der Waals surface area contributed by atoms with E-state index >= 15 is 0 Å². The predicted octanol–water partition coefficient (Wildman–Crippen LogP) is 1.74. The molecule has 114 valence electrons. The van der Waals surface area contributed by atoms with E-state index in [4.69, 9.17) is 14.6 Å². The second-order valence-corrected chi connectivity index (χ2v) is 5.17. The van der Waals surface area contributed by atoms with Crippen molar-refractivity contribution in [3.63, 3.8) is 0 Å². The van der Waals surface area contributed by atoms with Crippen molar-refractivity contribution >= 4 is 12.1 Å². The third-order valence-electron chi connectivity index (χ3n) is 3.43. The Morgan fingerprint density at radius 2 is 2.00 bits per heavy atom. The normalized spacial score (nSPS) is 21.3. The zero-order valence-corrected chi connectivity index (χ0v) is 11.9. The molecule has 2 atom stereocenters. The first kappa shape index (κ1) is 15.3. The van der Waals surface area contributed by atoms with Crippen LogP contribution in [-0.2, 0) is 20.9 Å². The third-order valence-corrected chi connectivity index (χ3v) is 3.43. The van der Waals surface area contributed by atoms with E-state index in [2.05, 4.69) is 0 Å². The maximum atomic E-state index is 12.0. The Balaban J connectivity index is 1.79. The number of hydrogen-bond donors (Lipinski definition) is 1. The highest BCUT2D eigenvalue weighted by Crippen LogP contribution is 2.20. The van der Waals surface area contributed by atoms with E-state index in [-0.39, 0.29) is 25.2 Å². The number of likely N-dealkylation sites (tertiary alicyclic amines) is 1. The minimum absolute atomic E-state index is 0.0913. The summed E-state index contributed by atoms with van der Waals surface area (Å²) in [7, 11) is 0. The van der Waals surface area contributed by atoms with Crippen molar-refractivity contribution in [2.75, 3.05) is 19.7 Å². The van der Waals surface area contributed by atoms with E-state index in [1.807, 2.05) is 37.3 Å². The summed E-state index contributed by atoms with van der Waals surface area (Å²) >= 11 is 0. The van der Waals surface area contributed by atoms with Gasteiger partial charge in [-0.2, -0.15) is 0 Å². The van der Waals surface area contributed by atoms with Gasteiger partial charge in [0.15, 0.2) is 0 Å². The monoisotopic (exact) mass is 293 g/mol. The van der Waals surface area contributed by atoms with Gasteiger partial charge in [0, 0.05) is 12.5 Å². The lowest BCUT2D eigenvalue weighted by atomic mass is 10.1. The van der Waals surface area contributed by atoms with Crippen molar-refractivity contribution in [2.45, 2.75) is 19.6 Å². The standard InChI is InChI=1S/C15H19NO5/c1-11-7-16(8-13(11)20-10-14(17)18)15(19)21-9-12-5-3-2-4-6-12/h2-6,11,13H,7-10H2,1H3,(H,17,18). The van der Waals surface area contributed by atoms with Gasteiger partial charge in [0.25, 0.3) is 0 Å². The molecule has 1 aliphatic heterocycles. The first-order valence-electron chi connectivity index (χ1n) is 6.85. The Hall–Kier alpha value is -2.08. The van der Waals surface area contributed by atoms with E-state index in [0.29, 0.717) is 13.1 Å². The van der Waals surface area contributed by atoms with Gasteiger partial charge in [-0.3, -0.25) is 0 Å². The van der Waals surface area contributed by atoms with Gasteiger partial charge in [0.2, 0.25) is 0 Å². The first-order valence-corrected chi connectivity index (χ1v) is 6.85. The molecule has 0 aromatic heterocycles. The third kappa shape index (κ3) is 4.46. The van der Waals surface area contributed by atoms with Gasteiger partial charge in [-0.25, -0.2) is 9.59 Å². The molecule has 0 aliphatic carbocycles. The molecule has 2 rings (SSSR count). The summed E-state index contributed by atoms with van der Waals surface area (Å²) in [6.45, 7) is 2.68. The molecule has 0 saturated carbocycles. The summed E-state index contributed by atoms with van der Waals surface area (Å²) < 4.78 is 10.5. The summed E-state index contributed by atoms with van der Waals surface area (Å²) in [6.07, 6.45) is -0.655. The van der Waals surface area contributed by atoms with Crippen molar-refractivity contribution in [2.24, 2.45) is 5.92 Å². The van der Waals surface area contributed by atoms with Crippen LogP contribution in [0.3, 0.4) is 0 Å². The highest BCUT2D eigenvalue weighted by atomic mass is 16.6. The van der Waals surface area contributed by atoms with Gasteiger partial charge in [0.1, 0.15) is 13.2 Å². The predicted molar refractivity (Wildman–Crippen MR) is 74.7 cm³/mol. The Morgan fingerprint density at radius 1 is 1.29 bits per heavy atom. The molecule has 6 nitrogen and oxygen atoms in total. The highest BCUT2D eigenvalue weighted by molar-refractivity contribution is 5.68. The molecular formula is C15H19NO5. The number of carbonyl (C=O) groups is 2. The molecule has 0 bridgehead atoms. The number of aliphatic carboxylic acids is 1. The van der Waals surface area contributed by atoms with Crippen LogP contribution in [0.1, 0.15) is 12.5 Å². The summed E-state index contributed by atoms with van der Waals surface area (Å²) in [5.41, 5.74) is 0.928. The number of carboxylic acids is 1. The summed E-state index contributed by atoms with van der Waals surface area (Å²) in [5, 5.41) is 8.62. The van der Waals surface area contributed by atoms with Gasteiger partial charge >= 0.3 is 12.1 Å². The quantitative estimate of drug-likeness (QED) is 0.895. The van der Waals surface area contributed by atoms with Crippen LogP contribution in [0.4, 0.5) is 4.79 Å². The molecule has 1 aromatic rings. The Bertz CT molecular complexity index is 490. The molecule has 1 heterocycles. The van der Waals surface area contributed by atoms with E-state index < -0.39 is 12.1 Å². The molecule has 2 unspecified atom stereocenters. The molecule has 1 saturated heterocycles. The lowest BCUT2D eigenvalue weighted by Crippen LogP contribution is -2.31. The van der Waals surface area contributed by atoms with E-state index in [1.54, 1.807) is 4.90 Å². The smallest absolute Gasteiger partial charge is 0.410 e. The maximum Gasteiger partial charge on any atom is 0.410 e. The average molecular weight is 293 g/mol. The van der Waals surface area contributed by atoms with Gasteiger partial charge in [-0.15, -0.1) is 0 Å². The molecule has 0 spiro atoms. The molecule has 1 aliphatic rings. The number of benzene rings is 1. The number of hydrogen-bond acceptors (Lipinski definition) is 4. The van der Waals surface area contributed by atoms with Crippen molar-refractivity contribution in [1.29, 1.82) is 0 Å². The lowest BCUT2D eigenvalue weighted by Gasteiger charge is -2.16. The molecule has 1 aromatic carbocycles. The van der Waals surface area contributed by atoms with Crippen molar-refractivity contribution in [3.8, 4) is 0 Å². The van der Waals surface area contributed by atoms with Crippen LogP contribution in [0.25, 0.3) is 0 Å². The topological polar surface area (TPSA) is 76.1 Å². The van der Waals surface area contributed by atoms with E-state index in [1.165, 1.54) is 0 Å². The highest BCUT2D eigenvalue weighted by Gasteiger charge is 2.34. The van der Waals surface area contributed by atoms with Crippen LogP contribution >= 0.6 is 0 Å². The minimum atomic E-state index is -1.01.